The second kappa shape index (κ2) is 6.70. The third-order valence-electron chi connectivity index (χ3n) is 2.03. The fourth-order valence-corrected chi connectivity index (χ4v) is 2.04. The van der Waals surface area contributed by atoms with Crippen LogP contribution in [-0.4, -0.2) is 27.7 Å². The molecule has 12 heteroatoms. The lowest BCUT2D eigenvalue weighted by Gasteiger charge is -2.30. The average Bonchev–Trinajstić information content (AvgIpc) is 2.35. The standard InChI is InChI=1S/C9H11N2O9P/c1-6(12)5-19-21(17,18)20-7-2-3-8(10(13)14)9(4-7)11(15)16/h2-4,6,12H,5H2,1H3,(H,17,18)/p-1. The maximum atomic E-state index is 11.4. The van der Waals surface area contributed by atoms with Gasteiger partial charge >= 0.3 is 11.4 Å². The zero-order chi connectivity index (χ0) is 16.2. The number of hydrogen-bond donors (Lipinski definition) is 1. The number of nitrogens with zero attached hydrogens (tertiary/aromatic N) is 2. The number of benzene rings is 1. The Morgan fingerprint density at radius 3 is 2.29 bits per heavy atom. The Morgan fingerprint density at radius 2 is 1.81 bits per heavy atom. The van der Waals surface area contributed by atoms with Crippen LogP contribution < -0.4 is 14.3 Å². The van der Waals surface area contributed by atoms with Crippen molar-refractivity contribution in [1.29, 1.82) is 0 Å². The Balaban J connectivity index is 2.97. The Bertz CT molecular complexity index is 548. The van der Waals surface area contributed by atoms with Crippen molar-refractivity contribution in [2.75, 3.05) is 6.61 Å². The number of hydrogen-bond acceptors (Lipinski definition) is 9. The largest absolute Gasteiger partial charge is 0.627 e. The van der Waals surface area contributed by atoms with Crippen molar-refractivity contribution in [2.45, 2.75) is 13.0 Å². The molecule has 0 bridgehead atoms. The lowest BCUT2D eigenvalue weighted by molar-refractivity contribution is -0.422. The summed E-state index contributed by atoms with van der Waals surface area (Å²) in [7, 11) is -4.86. The molecule has 1 N–H and O–H groups in total. The molecule has 0 amide bonds. The summed E-state index contributed by atoms with van der Waals surface area (Å²) in [5.74, 6) is -0.517. The van der Waals surface area contributed by atoms with Gasteiger partial charge in [0.1, 0.15) is 6.61 Å². The summed E-state index contributed by atoms with van der Waals surface area (Å²) in [5, 5.41) is 30.2. The molecule has 1 rings (SSSR count). The lowest BCUT2D eigenvalue weighted by Crippen LogP contribution is -2.31. The molecular formula is C9H10N2O9P-. The van der Waals surface area contributed by atoms with Crippen LogP contribution in [0.25, 0.3) is 0 Å². The highest BCUT2D eigenvalue weighted by molar-refractivity contribution is 7.51. The van der Waals surface area contributed by atoms with Gasteiger partial charge in [0.15, 0.2) is 5.75 Å². The Morgan fingerprint density at radius 1 is 1.24 bits per heavy atom. The number of nitro groups is 2. The number of rotatable bonds is 7. The quantitative estimate of drug-likeness (QED) is 0.401. The van der Waals surface area contributed by atoms with Gasteiger partial charge in [0, 0.05) is 6.07 Å². The smallest absolute Gasteiger partial charge is 0.349 e. The van der Waals surface area contributed by atoms with Gasteiger partial charge in [0.2, 0.25) is 8.17 Å². The zero-order valence-electron chi connectivity index (χ0n) is 10.6. The molecule has 0 saturated carbocycles. The maximum absolute atomic E-state index is 11.4. The van der Waals surface area contributed by atoms with Crippen molar-refractivity contribution in [3.63, 3.8) is 0 Å². The van der Waals surface area contributed by atoms with Crippen molar-refractivity contribution in [1.82, 2.24) is 0 Å². The van der Waals surface area contributed by atoms with Crippen LogP contribution in [0.5, 0.6) is 5.75 Å². The summed E-state index contributed by atoms with van der Waals surface area (Å²) in [6.07, 6.45) is -1.07. The van der Waals surface area contributed by atoms with Gasteiger partial charge in [-0.15, -0.1) is 0 Å². The Hall–Kier alpha value is -1.91. The molecule has 0 aliphatic heterocycles. The molecule has 0 aliphatic carbocycles. The molecule has 116 valence electrons. The Labute approximate surface area is 118 Å². The van der Waals surface area contributed by atoms with Crippen LogP contribution in [0, 0.1) is 20.2 Å². The van der Waals surface area contributed by atoms with E-state index in [0.29, 0.717) is 6.07 Å². The maximum Gasteiger partial charge on any atom is 0.349 e. The third kappa shape index (κ3) is 5.17. The van der Waals surface area contributed by atoms with E-state index in [4.69, 9.17) is 5.11 Å². The van der Waals surface area contributed by atoms with E-state index in [-0.39, 0.29) is 0 Å². The van der Waals surface area contributed by atoms with E-state index >= 15 is 0 Å². The van der Waals surface area contributed by atoms with E-state index in [1.54, 1.807) is 0 Å². The first-order valence-corrected chi connectivity index (χ1v) is 6.84. The van der Waals surface area contributed by atoms with Crippen LogP contribution in [-0.2, 0) is 4.52 Å². The molecule has 21 heavy (non-hydrogen) atoms. The number of aliphatic hydroxyl groups is 1. The first-order valence-electron chi connectivity index (χ1n) is 5.38. The average molecular weight is 321 g/mol. The highest BCUT2D eigenvalue weighted by Crippen LogP contribution is 2.44. The predicted octanol–water partition coefficient (Wildman–Crippen LogP) is -0.323. The molecule has 0 saturated heterocycles. The minimum absolute atomic E-state index is 0.517. The van der Waals surface area contributed by atoms with E-state index in [2.05, 4.69) is 9.05 Å². The summed E-state index contributed by atoms with van der Waals surface area (Å²) in [4.78, 5) is 42.0. The van der Waals surface area contributed by atoms with Crippen LogP contribution in [0.4, 0.5) is 11.4 Å². The minimum atomic E-state index is -4.86. The van der Waals surface area contributed by atoms with E-state index < -0.39 is 47.9 Å². The van der Waals surface area contributed by atoms with Gasteiger partial charge in [-0.25, -0.2) is 4.52 Å². The highest BCUT2D eigenvalue weighted by Gasteiger charge is 2.27. The molecule has 0 fully saturated rings. The molecule has 0 spiro atoms. The number of phosphoric ester groups is 1. The fourth-order valence-electron chi connectivity index (χ4n) is 1.22. The summed E-state index contributed by atoms with van der Waals surface area (Å²) >= 11 is 0. The first kappa shape index (κ1) is 17.1. The normalized spacial score (nSPS) is 12.8. The molecule has 1 aromatic rings. The summed E-state index contributed by atoms with van der Waals surface area (Å²) in [5.41, 5.74) is -1.73. The van der Waals surface area contributed by atoms with Crippen molar-refractivity contribution >= 4 is 19.5 Å². The molecule has 11 nitrogen and oxygen atoms in total. The van der Waals surface area contributed by atoms with Crippen molar-refractivity contribution in [2.24, 2.45) is 0 Å². The van der Waals surface area contributed by atoms with Crippen LogP contribution in [0.1, 0.15) is 6.92 Å². The van der Waals surface area contributed by atoms with Gasteiger partial charge in [-0.05, 0) is 13.0 Å². The third-order valence-corrected chi connectivity index (χ3v) is 2.93. The number of aliphatic hydroxyl groups excluding tert-OH is 1. The lowest BCUT2D eigenvalue weighted by atomic mass is 10.2. The van der Waals surface area contributed by atoms with Crippen molar-refractivity contribution < 1.29 is 33.8 Å². The second-order valence-corrected chi connectivity index (χ2v) is 5.18. The fraction of sp³-hybridized carbons (Fsp3) is 0.333. The van der Waals surface area contributed by atoms with E-state index in [0.717, 1.165) is 12.1 Å². The van der Waals surface area contributed by atoms with Gasteiger partial charge in [0.05, 0.1) is 22.0 Å². The molecule has 0 aliphatic rings. The summed E-state index contributed by atoms with van der Waals surface area (Å²) in [6, 6.07) is 2.21. The Kier molecular flexibility index (Phi) is 5.47. The van der Waals surface area contributed by atoms with Gasteiger partial charge in [-0.2, -0.15) is 0 Å². The second-order valence-electron chi connectivity index (χ2n) is 3.85. The molecule has 1 unspecified atom stereocenters. The summed E-state index contributed by atoms with van der Waals surface area (Å²) in [6.45, 7) is 0.715. The topological polar surface area (TPSA) is 171 Å². The van der Waals surface area contributed by atoms with Crippen LogP contribution in [0.15, 0.2) is 18.2 Å². The molecule has 0 heterocycles. The highest BCUT2D eigenvalue weighted by atomic mass is 31.2. The number of phosphoric acid groups is 1. The van der Waals surface area contributed by atoms with Crippen molar-refractivity contribution in [3.05, 3.63) is 38.4 Å². The van der Waals surface area contributed by atoms with Gasteiger partial charge < -0.3 is 19.4 Å². The molecule has 0 radical (unpaired) electrons. The molecular weight excluding hydrogens is 311 g/mol. The van der Waals surface area contributed by atoms with Gasteiger partial charge in [-0.1, -0.05) is 0 Å². The van der Waals surface area contributed by atoms with E-state index in [1.807, 2.05) is 0 Å². The monoisotopic (exact) mass is 321 g/mol. The molecule has 0 aromatic heterocycles. The molecule has 1 atom stereocenters. The van der Waals surface area contributed by atoms with E-state index in [9.17, 15) is 30.0 Å². The SMILES string of the molecule is CC(O)CO[P+]([O-])([O-])Oc1ccc([N+](=O)[O-])c([N+](=O)[O-])c1. The minimum Gasteiger partial charge on any atom is -0.627 e. The van der Waals surface area contributed by atoms with Gasteiger partial charge in [0.25, 0.3) is 0 Å². The number of nitro benzene ring substituents is 2. The summed E-state index contributed by atoms with van der Waals surface area (Å²) < 4.78 is 8.71. The van der Waals surface area contributed by atoms with Crippen LogP contribution in [0.3, 0.4) is 0 Å². The zero-order valence-corrected chi connectivity index (χ0v) is 11.5. The van der Waals surface area contributed by atoms with Crippen LogP contribution >= 0.6 is 8.17 Å². The molecule has 1 aromatic carbocycles. The van der Waals surface area contributed by atoms with Crippen molar-refractivity contribution in [3.8, 4) is 5.75 Å². The predicted molar refractivity (Wildman–Crippen MR) is 64.9 cm³/mol. The van der Waals surface area contributed by atoms with Gasteiger partial charge in [-0.3, -0.25) is 20.2 Å². The first-order chi connectivity index (χ1) is 9.62. The van der Waals surface area contributed by atoms with Crippen LogP contribution in [0.2, 0.25) is 0 Å². The van der Waals surface area contributed by atoms with E-state index in [1.165, 1.54) is 6.92 Å².